The summed E-state index contributed by atoms with van der Waals surface area (Å²) >= 11 is 4.65. The highest BCUT2D eigenvalue weighted by atomic mass is 127. The quantitative estimate of drug-likeness (QED) is 0.340. The second-order valence-electron chi connectivity index (χ2n) is 4.71. The maximum absolute atomic E-state index is 9.55. The highest BCUT2D eigenvalue weighted by Crippen LogP contribution is 2.32. The van der Waals surface area contributed by atoms with Gasteiger partial charge in [0.05, 0.1) is 10.9 Å². The van der Waals surface area contributed by atoms with Crippen LogP contribution in [0, 0.1) is 7.14 Å². The van der Waals surface area contributed by atoms with Crippen LogP contribution < -0.4 is 0 Å². The molecule has 0 radical (unpaired) electrons. The Balaban J connectivity index is 2.10. The Bertz CT molecular complexity index is 644. The van der Waals surface area contributed by atoms with Crippen molar-refractivity contribution < 1.29 is 5.11 Å². The van der Waals surface area contributed by atoms with Crippen LogP contribution in [0.1, 0.15) is 0 Å². The maximum Gasteiger partial charge on any atom is 0.166 e. The van der Waals surface area contributed by atoms with Gasteiger partial charge >= 0.3 is 0 Å². The van der Waals surface area contributed by atoms with Gasteiger partial charge in [0.1, 0.15) is 5.75 Å². The Hall–Kier alpha value is -0.730. The van der Waals surface area contributed by atoms with Gasteiger partial charge in [-0.05, 0) is 118 Å². The van der Waals surface area contributed by atoms with Crippen LogP contribution in [0.25, 0.3) is 0 Å². The van der Waals surface area contributed by atoms with Crippen molar-refractivity contribution in [2.24, 2.45) is 0 Å². The summed E-state index contributed by atoms with van der Waals surface area (Å²) in [6, 6.07) is 24.9. The molecule has 0 aromatic heterocycles. The van der Waals surface area contributed by atoms with Gasteiger partial charge in [-0.2, -0.15) is 0 Å². The minimum absolute atomic E-state index is 0.157. The van der Waals surface area contributed by atoms with E-state index in [4.69, 9.17) is 0 Å². The molecule has 0 aliphatic carbocycles. The largest absolute Gasteiger partial charge is 0.508 e. The molecule has 3 aromatic rings. The van der Waals surface area contributed by atoms with Gasteiger partial charge in [-0.3, -0.25) is 0 Å². The van der Waals surface area contributed by atoms with Crippen LogP contribution in [0.5, 0.6) is 5.75 Å². The highest BCUT2D eigenvalue weighted by molar-refractivity contribution is 14.1. The molecule has 4 heteroatoms. The van der Waals surface area contributed by atoms with Crippen LogP contribution in [-0.2, 0) is 10.9 Å². The molecular weight excluding hydrogens is 518 g/mol. The van der Waals surface area contributed by atoms with Crippen molar-refractivity contribution in [1.82, 2.24) is 0 Å². The predicted octanol–water partition coefficient (Wildman–Crippen LogP) is 5.70. The molecule has 0 aliphatic heterocycles. The Morgan fingerprint density at radius 1 is 0.545 bits per heavy atom. The average Bonchev–Trinajstić information content (AvgIpc) is 2.53. The molecule has 3 aromatic carbocycles. The topological polar surface area (TPSA) is 20.2 Å². The fourth-order valence-corrected chi connectivity index (χ4v) is 4.89. The van der Waals surface area contributed by atoms with Gasteiger partial charge in [-0.15, -0.1) is 0 Å². The molecule has 110 valence electrons. The van der Waals surface area contributed by atoms with Gasteiger partial charge in [0.25, 0.3) is 0 Å². The summed E-state index contributed by atoms with van der Waals surface area (Å²) in [5.74, 6) is 0.303. The van der Waals surface area contributed by atoms with E-state index in [0.717, 1.165) is 0 Å². The first-order valence-electron chi connectivity index (χ1n) is 6.68. The molecule has 0 atom stereocenters. The monoisotopic (exact) mass is 531 g/mol. The van der Waals surface area contributed by atoms with E-state index in [1.54, 1.807) is 12.1 Å². The zero-order valence-electron chi connectivity index (χ0n) is 11.5. The van der Waals surface area contributed by atoms with E-state index in [2.05, 4.69) is 93.7 Å². The lowest BCUT2D eigenvalue weighted by Crippen LogP contribution is -2.04. The molecule has 0 saturated heterocycles. The number of benzene rings is 3. The van der Waals surface area contributed by atoms with Gasteiger partial charge in [-0.1, -0.05) is 0 Å². The zero-order chi connectivity index (χ0) is 15.5. The minimum atomic E-state index is -0.157. The molecule has 0 bridgehead atoms. The standard InChI is InChI=1S/C18H12I2OS/c19-13-1-7-16(8-2-13)22(17-9-3-14(20)4-10-17)18-11-5-15(21)6-12-18/h1-12H/p+1. The van der Waals surface area contributed by atoms with Gasteiger partial charge < -0.3 is 5.11 Å². The van der Waals surface area contributed by atoms with Gasteiger partial charge in [0.2, 0.25) is 0 Å². The minimum Gasteiger partial charge on any atom is -0.508 e. The molecule has 0 fully saturated rings. The first-order chi connectivity index (χ1) is 10.6. The Morgan fingerprint density at radius 3 is 1.23 bits per heavy atom. The molecule has 3 rings (SSSR count). The Kier molecular flexibility index (Phi) is 5.30. The average molecular weight is 531 g/mol. The Labute approximate surface area is 160 Å². The van der Waals surface area contributed by atoms with Crippen molar-refractivity contribution in [3.05, 3.63) is 79.9 Å². The molecule has 0 aliphatic rings. The fraction of sp³-hybridized carbons (Fsp3) is 0. The molecular formula is C18H13I2OS+. The maximum atomic E-state index is 9.55. The van der Waals surface area contributed by atoms with Crippen molar-refractivity contribution >= 4 is 56.1 Å². The number of hydrogen-bond acceptors (Lipinski definition) is 1. The van der Waals surface area contributed by atoms with Crippen LogP contribution >= 0.6 is 45.2 Å². The molecule has 22 heavy (non-hydrogen) atoms. The number of halogens is 2. The summed E-state index contributed by atoms with van der Waals surface area (Å²) in [4.78, 5) is 3.78. The SMILES string of the molecule is Oc1ccc([S+](c2ccc(I)cc2)c2ccc(I)cc2)cc1. The van der Waals surface area contributed by atoms with Crippen LogP contribution in [0.3, 0.4) is 0 Å². The lowest BCUT2D eigenvalue weighted by molar-refractivity contribution is 0.475. The number of phenols is 1. The zero-order valence-corrected chi connectivity index (χ0v) is 16.7. The van der Waals surface area contributed by atoms with Gasteiger partial charge in [0, 0.05) is 7.14 Å². The smallest absolute Gasteiger partial charge is 0.166 e. The summed E-state index contributed by atoms with van der Waals surface area (Å²) in [5.41, 5.74) is 0. The lowest BCUT2D eigenvalue weighted by atomic mass is 10.3. The molecule has 0 heterocycles. The van der Waals surface area contributed by atoms with Gasteiger partial charge in [0.15, 0.2) is 14.7 Å². The third-order valence-corrected chi connectivity index (χ3v) is 6.84. The molecule has 1 N–H and O–H groups in total. The second kappa shape index (κ2) is 7.23. The highest BCUT2D eigenvalue weighted by Gasteiger charge is 2.28. The number of rotatable bonds is 3. The van der Waals surface area contributed by atoms with Crippen LogP contribution in [0.4, 0.5) is 0 Å². The summed E-state index contributed by atoms with van der Waals surface area (Å²) in [7, 11) is -0.157. The van der Waals surface area contributed by atoms with Crippen molar-refractivity contribution in [3.63, 3.8) is 0 Å². The first-order valence-corrected chi connectivity index (χ1v) is 10.1. The molecule has 0 amide bonds. The lowest BCUT2D eigenvalue weighted by Gasteiger charge is -2.08. The van der Waals surface area contributed by atoms with E-state index in [9.17, 15) is 5.11 Å². The normalized spacial score (nSPS) is 10.9. The third-order valence-electron chi connectivity index (χ3n) is 3.17. The van der Waals surface area contributed by atoms with Crippen molar-refractivity contribution in [2.75, 3.05) is 0 Å². The number of phenolic OH excluding ortho intramolecular Hbond substituents is 1. The summed E-state index contributed by atoms with van der Waals surface area (Å²) in [6.07, 6.45) is 0. The third kappa shape index (κ3) is 3.78. The van der Waals surface area contributed by atoms with Crippen molar-refractivity contribution in [3.8, 4) is 5.75 Å². The van der Waals surface area contributed by atoms with E-state index < -0.39 is 0 Å². The van der Waals surface area contributed by atoms with E-state index in [-0.39, 0.29) is 10.9 Å². The van der Waals surface area contributed by atoms with Crippen LogP contribution in [0.2, 0.25) is 0 Å². The molecule has 0 spiro atoms. The summed E-state index contributed by atoms with van der Waals surface area (Å²) < 4.78 is 2.47. The Morgan fingerprint density at radius 2 is 0.864 bits per heavy atom. The van der Waals surface area contributed by atoms with E-state index in [1.165, 1.54) is 21.8 Å². The molecule has 1 nitrogen and oxygen atoms in total. The van der Waals surface area contributed by atoms with Crippen molar-refractivity contribution in [1.29, 1.82) is 0 Å². The summed E-state index contributed by atoms with van der Waals surface area (Å²) in [6.45, 7) is 0. The first kappa shape index (κ1) is 16.1. The van der Waals surface area contributed by atoms with Crippen LogP contribution in [0.15, 0.2) is 87.5 Å². The van der Waals surface area contributed by atoms with E-state index in [0.29, 0.717) is 5.75 Å². The predicted molar refractivity (Wildman–Crippen MR) is 109 cm³/mol. The van der Waals surface area contributed by atoms with Crippen molar-refractivity contribution in [2.45, 2.75) is 14.7 Å². The van der Waals surface area contributed by atoms with Gasteiger partial charge in [-0.25, -0.2) is 0 Å². The van der Waals surface area contributed by atoms with E-state index >= 15 is 0 Å². The fourth-order valence-electron chi connectivity index (χ4n) is 2.13. The van der Waals surface area contributed by atoms with E-state index in [1.807, 2.05) is 12.1 Å². The molecule has 0 saturated carbocycles. The second-order valence-corrected chi connectivity index (χ2v) is 9.23. The number of hydrogen-bond donors (Lipinski definition) is 1. The molecule has 0 unspecified atom stereocenters. The van der Waals surface area contributed by atoms with Crippen LogP contribution in [-0.4, -0.2) is 5.11 Å². The number of aromatic hydroxyl groups is 1. The summed E-state index contributed by atoms with van der Waals surface area (Å²) in [5, 5.41) is 9.55.